The lowest BCUT2D eigenvalue weighted by Gasteiger charge is -2.13. The molecule has 0 aliphatic carbocycles. The van der Waals surface area contributed by atoms with Crippen LogP contribution in [-0.4, -0.2) is 22.8 Å². The number of aromatic nitrogens is 2. The Hall–Kier alpha value is -1.48. The fourth-order valence-corrected chi connectivity index (χ4v) is 2.15. The average molecular weight is 229 g/mol. The molecule has 0 saturated heterocycles. The summed E-state index contributed by atoms with van der Waals surface area (Å²) in [5.41, 5.74) is 2.08. The summed E-state index contributed by atoms with van der Waals surface area (Å²) in [5.74, 6) is 0. The van der Waals surface area contributed by atoms with E-state index >= 15 is 0 Å². The van der Waals surface area contributed by atoms with E-state index in [0.717, 1.165) is 24.4 Å². The van der Waals surface area contributed by atoms with E-state index in [9.17, 15) is 0 Å². The van der Waals surface area contributed by atoms with Crippen LogP contribution in [0, 0.1) is 6.92 Å². The molecule has 1 aromatic carbocycles. The molecule has 1 aromatic heterocycles. The lowest BCUT2D eigenvalue weighted by Crippen LogP contribution is -2.28. The van der Waals surface area contributed by atoms with Gasteiger partial charge in [0.1, 0.15) is 0 Å². The third kappa shape index (κ3) is 2.61. The first-order valence-electron chi connectivity index (χ1n) is 6.16. The van der Waals surface area contributed by atoms with Crippen LogP contribution in [0.15, 0.2) is 24.3 Å². The van der Waals surface area contributed by atoms with Crippen LogP contribution in [0.5, 0.6) is 0 Å². The average Bonchev–Trinajstić information content (AvgIpc) is 2.34. The second kappa shape index (κ2) is 5.23. The van der Waals surface area contributed by atoms with Crippen LogP contribution in [-0.2, 0) is 6.42 Å². The van der Waals surface area contributed by atoms with Gasteiger partial charge >= 0.3 is 0 Å². The summed E-state index contributed by atoms with van der Waals surface area (Å²) >= 11 is 0. The van der Waals surface area contributed by atoms with Gasteiger partial charge < -0.3 is 5.32 Å². The van der Waals surface area contributed by atoms with Gasteiger partial charge in [-0.2, -0.15) is 10.2 Å². The van der Waals surface area contributed by atoms with Crippen molar-refractivity contribution in [3.05, 3.63) is 35.7 Å². The number of rotatable bonds is 4. The van der Waals surface area contributed by atoms with E-state index in [1.807, 2.05) is 6.92 Å². The number of nitrogens with zero attached hydrogens (tertiary/aromatic N) is 2. The maximum absolute atomic E-state index is 4.34. The fourth-order valence-electron chi connectivity index (χ4n) is 2.15. The number of hydrogen-bond acceptors (Lipinski definition) is 3. The molecule has 90 valence electrons. The topological polar surface area (TPSA) is 37.8 Å². The lowest BCUT2D eigenvalue weighted by molar-refractivity contribution is 0.558. The number of hydrogen-bond donors (Lipinski definition) is 1. The summed E-state index contributed by atoms with van der Waals surface area (Å²) in [6, 6.07) is 8.78. The highest BCUT2D eigenvalue weighted by atomic mass is 15.1. The van der Waals surface area contributed by atoms with Crippen LogP contribution in [0.1, 0.15) is 25.2 Å². The molecule has 0 aliphatic rings. The smallest absolute Gasteiger partial charge is 0.0724 e. The Balaban J connectivity index is 2.38. The summed E-state index contributed by atoms with van der Waals surface area (Å²) in [7, 11) is 0. The maximum Gasteiger partial charge on any atom is 0.0724 e. The third-order valence-electron chi connectivity index (χ3n) is 3.00. The van der Waals surface area contributed by atoms with Crippen molar-refractivity contribution in [2.45, 2.75) is 33.2 Å². The summed E-state index contributed by atoms with van der Waals surface area (Å²) in [6.45, 7) is 7.29. The van der Waals surface area contributed by atoms with Gasteiger partial charge in [0.2, 0.25) is 0 Å². The number of fused-ring (bicyclic) bond motifs is 1. The number of nitrogens with one attached hydrogen (secondary N) is 1. The normalized spacial score (nSPS) is 12.9. The van der Waals surface area contributed by atoms with Crippen molar-refractivity contribution in [1.29, 1.82) is 0 Å². The van der Waals surface area contributed by atoms with Crippen LogP contribution in [0.3, 0.4) is 0 Å². The molecule has 0 amide bonds. The summed E-state index contributed by atoms with van der Waals surface area (Å²) in [4.78, 5) is 0. The minimum absolute atomic E-state index is 0.431. The monoisotopic (exact) mass is 229 g/mol. The standard InChI is InChI=1S/C14H19N3/c1-4-15-10(2)9-14-13-8-6-5-7-12(13)11(3)16-17-14/h5-8,10,15H,4,9H2,1-3H3. The second-order valence-corrected chi connectivity index (χ2v) is 4.44. The molecule has 17 heavy (non-hydrogen) atoms. The largest absolute Gasteiger partial charge is 0.314 e. The first-order valence-corrected chi connectivity index (χ1v) is 6.16. The predicted octanol–water partition coefficient (Wildman–Crippen LogP) is 2.48. The zero-order valence-corrected chi connectivity index (χ0v) is 10.7. The highest BCUT2D eigenvalue weighted by Crippen LogP contribution is 2.19. The van der Waals surface area contributed by atoms with E-state index in [-0.39, 0.29) is 0 Å². The molecule has 1 unspecified atom stereocenters. The molecule has 2 rings (SSSR count). The van der Waals surface area contributed by atoms with Gasteiger partial charge in [-0.3, -0.25) is 0 Å². The first kappa shape index (κ1) is 12.0. The first-order chi connectivity index (χ1) is 8.22. The number of likely N-dealkylation sites (N-methyl/N-ethyl adjacent to an activating group) is 1. The number of benzene rings is 1. The van der Waals surface area contributed by atoms with E-state index in [1.165, 1.54) is 10.8 Å². The Labute approximate surface area is 102 Å². The quantitative estimate of drug-likeness (QED) is 0.875. The Morgan fingerprint density at radius 2 is 1.88 bits per heavy atom. The van der Waals surface area contributed by atoms with Crippen molar-refractivity contribution in [2.75, 3.05) is 6.54 Å². The molecule has 0 spiro atoms. The van der Waals surface area contributed by atoms with Crippen molar-refractivity contribution in [1.82, 2.24) is 15.5 Å². The van der Waals surface area contributed by atoms with Gasteiger partial charge in [0.25, 0.3) is 0 Å². The molecule has 1 heterocycles. The molecule has 1 atom stereocenters. The highest BCUT2D eigenvalue weighted by Gasteiger charge is 2.09. The van der Waals surface area contributed by atoms with Gasteiger partial charge in [0.05, 0.1) is 11.4 Å². The Kier molecular flexibility index (Phi) is 3.69. The third-order valence-corrected chi connectivity index (χ3v) is 3.00. The molecule has 3 heteroatoms. The fraction of sp³-hybridized carbons (Fsp3) is 0.429. The van der Waals surface area contributed by atoms with E-state index in [2.05, 4.69) is 53.6 Å². The highest BCUT2D eigenvalue weighted by molar-refractivity contribution is 5.86. The van der Waals surface area contributed by atoms with Gasteiger partial charge in [-0.1, -0.05) is 31.2 Å². The van der Waals surface area contributed by atoms with Crippen molar-refractivity contribution in [3.63, 3.8) is 0 Å². The van der Waals surface area contributed by atoms with Crippen molar-refractivity contribution < 1.29 is 0 Å². The van der Waals surface area contributed by atoms with Crippen molar-refractivity contribution in [2.24, 2.45) is 0 Å². The van der Waals surface area contributed by atoms with Crippen LogP contribution < -0.4 is 5.32 Å². The van der Waals surface area contributed by atoms with Crippen LogP contribution in [0.25, 0.3) is 10.8 Å². The molecule has 0 aliphatic heterocycles. The van der Waals surface area contributed by atoms with E-state index in [4.69, 9.17) is 0 Å². The molecule has 0 bridgehead atoms. The molecular formula is C14H19N3. The minimum Gasteiger partial charge on any atom is -0.314 e. The van der Waals surface area contributed by atoms with Crippen LogP contribution in [0.4, 0.5) is 0 Å². The zero-order valence-electron chi connectivity index (χ0n) is 10.7. The van der Waals surface area contributed by atoms with Gasteiger partial charge in [0.15, 0.2) is 0 Å². The molecule has 1 N–H and O–H groups in total. The van der Waals surface area contributed by atoms with Crippen molar-refractivity contribution in [3.8, 4) is 0 Å². The Bertz CT molecular complexity index is 508. The SMILES string of the molecule is CCNC(C)Cc1nnc(C)c2ccccc12. The molecular weight excluding hydrogens is 210 g/mol. The van der Waals surface area contributed by atoms with Gasteiger partial charge in [-0.25, -0.2) is 0 Å². The molecule has 0 radical (unpaired) electrons. The van der Waals surface area contributed by atoms with E-state index < -0.39 is 0 Å². The van der Waals surface area contributed by atoms with Gasteiger partial charge in [-0.05, 0) is 20.4 Å². The molecule has 0 saturated carbocycles. The zero-order chi connectivity index (χ0) is 12.3. The predicted molar refractivity (Wildman–Crippen MR) is 71.1 cm³/mol. The van der Waals surface area contributed by atoms with Crippen LogP contribution >= 0.6 is 0 Å². The van der Waals surface area contributed by atoms with E-state index in [0.29, 0.717) is 6.04 Å². The summed E-state index contributed by atoms with van der Waals surface area (Å²) in [6.07, 6.45) is 0.918. The Morgan fingerprint density at radius 1 is 1.18 bits per heavy atom. The summed E-state index contributed by atoms with van der Waals surface area (Å²) < 4.78 is 0. The minimum atomic E-state index is 0.431. The van der Waals surface area contributed by atoms with Gasteiger partial charge in [0, 0.05) is 23.2 Å². The second-order valence-electron chi connectivity index (χ2n) is 4.44. The van der Waals surface area contributed by atoms with Crippen LogP contribution in [0.2, 0.25) is 0 Å². The van der Waals surface area contributed by atoms with Crippen molar-refractivity contribution >= 4 is 10.8 Å². The Morgan fingerprint density at radius 3 is 2.59 bits per heavy atom. The number of aryl methyl sites for hydroxylation is 1. The maximum atomic E-state index is 4.34. The molecule has 0 fully saturated rings. The lowest BCUT2D eigenvalue weighted by atomic mass is 10.0. The molecule has 3 nitrogen and oxygen atoms in total. The van der Waals surface area contributed by atoms with E-state index in [1.54, 1.807) is 0 Å². The van der Waals surface area contributed by atoms with Gasteiger partial charge in [-0.15, -0.1) is 0 Å². The molecule has 2 aromatic rings. The summed E-state index contributed by atoms with van der Waals surface area (Å²) in [5, 5.41) is 14.4.